The third kappa shape index (κ3) is 5.31. The first-order valence-corrected chi connectivity index (χ1v) is 10.9. The lowest BCUT2D eigenvalue weighted by atomic mass is 9.96. The van der Waals surface area contributed by atoms with Crippen LogP contribution in [0.1, 0.15) is 42.3 Å². The van der Waals surface area contributed by atoms with E-state index in [-0.39, 0.29) is 17.5 Å². The Morgan fingerprint density at radius 2 is 2.13 bits per heavy atom. The van der Waals surface area contributed by atoms with Crippen molar-refractivity contribution in [3.63, 3.8) is 0 Å². The first-order chi connectivity index (χ1) is 15.0. The summed E-state index contributed by atoms with van der Waals surface area (Å²) in [4.78, 5) is 21.8. The Kier molecular flexibility index (Phi) is 6.99. The van der Waals surface area contributed by atoms with Gasteiger partial charge in [0.25, 0.3) is 5.91 Å². The molecule has 0 radical (unpaired) electrons. The topological polar surface area (TPSA) is 93.6 Å². The molecule has 2 N–H and O–H groups in total. The predicted molar refractivity (Wildman–Crippen MR) is 111 cm³/mol. The fourth-order valence-electron chi connectivity index (χ4n) is 3.90. The molecule has 3 heterocycles. The molecule has 1 saturated heterocycles. The Balaban J connectivity index is 1.41. The molecule has 1 amide bonds. The van der Waals surface area contributed by atoms with E-state index >= 15 is 0 Å². The summed E-state index contributed by atoms with van der Waals surface area (Å²) in [6, 6.07) is 3.40. The molecule has 4 rings (SSSR count). The number of amides is 1. The molecule has 1 aromatic carbocycles. The molecular weight excluding hydrogens is 425 g/mol. The van der Waals surface area contributed by atoms with Gasteiger partial charge in [0.15, 0.2) is 6.10 Å². The number of carbonyl (C=O) groups excluding carboxylic acids is 1. The van der Waals surface area contributed by atoms with Crippen LogP contribution in [0.15, 0.2) is 24.4 Å². The Labute approximate surface area is 184 Å². The van der Waals surface area contributed by atoms with Gasteiger partial charge in [-0.25, -0.2) is 9.37 Å². The second-order valence-corrected chi connectivity index (χ2v) is 8.35. The van der Waals surface area contributed by atoms with Gasteiger partial charge in [0.05, 0.1) is 17.7 Å². The number of nitrogens with one attached hydrogen (secondary N) is 1. The van der Waals surface area contributed by atoms with Crippen LogP contribution in [-0.4, -0.2) is 46.9 Å². The first-order valence-electron chi connectivity index (χ1n) is 10.5. The summed E-state index contributed by atoms with van der Waals surface area (Å²) in [5, 5.41) is 12.4. The Hall–Kier alpha value is -2.29. The average Bonchev–Trinajstić information content (AvgIpc) is 2.79. The van der Waals surface area contributed by atoms with E-state index in [0.29, 0.717) is 36.0 Å². The van der Waals surface area contributed by atoms with Crippen LogP contribution in [-0.2, 0) is 22.4 Å². The van der Waals surface area contributed by atoms with Gasteiger partial charge in [0, 0.05) is 31.4 Å². The highest BCUT2D eigenvalue weighted by Gasteiger charge is 2.30. The monoisotopic (exact) mass is 449 g/mol. The van der Waals surface area contributed by atoms with E-state index in [2.05, 4.69) is 15.3 Å². The minimum atomic E-state index is -0.765. The summed E-state index contributed by atoms with van der Waals surface area (Å²) in [7, 11) is 0. The number of ether oxygens (including phenoxy) is 2. The molecule has 1 aromatic heterocycles. The molecule has 7 nitrogen and oxygen atoms in total. The third-order valence-electron chi connectivity index (χ3n) is 5.75. The van der Waals surface area contributed by atoms with Gasteiger partial charge in [0.2, 0.25) is 5.88 Å². The van der Waals surface area contributed by atoms with Crippen molar-refractivity contribution in [1.82, 2.24) is 15.3 Å². The van der Waals surface area contributed by atoms with Crippen molar-refractivity contribution in [3.8, 4) is 5.88 Å². The number of aromatic nitrogens is 2. The molecule has 0 bridgehead atoms. The van der Waals surface area contributed by atoms with Crippen molar-refractivity contribution in [3.05, 3.63) is 52.2 Å². The van der Waals surface area contributed by atoms with Crippen LogP contribution in [0.25, 0.3) is 0 Å². The Morgan fingerprint density at radius 1 is 1.32 bits per heavy atom. The van der Waals surface area contributed by atoms with Gasteiger partial charge in [-0.3, -0.25) is 4.79 Å². The standard InChI is InChI=1S/C22H25ClFN3O4/c23-16-3-1-14(10-17(16)24)18(12-28)26-21(29)19-4-2-15-11-25-20(27-22(15)31-19)9-13-5-7-30-8-6-13/h1,3,10-11,13,18-19,28H,2,4-9,12H2,(H,26,29)/t18-,19-/m1/s1. The van der Waals surface area contributed by atoms with Crippen LogP contribution >= 0.6 is 11.6 Å². The number of hydrogen-bond acceptors (Lipinski definition) is 6. The van der Waals surface area contributed by atoms with Crippen LogP contribution in [0.4, 0.5) is 4.39 Å². The number of nitrogens with zero attached hydrogens (tertiary/aromatic N) is 2. The largest absolute Gasteiger partial charge is 0.464 e. The molecule has 2 aliphatic rings. The molecule has 2 atom stereocenters. The van der Waals surface area contributed by atoms with E-state index in [4.69, 9.17) is 21.1 Å². The van der Waals surface area contributed by atoms with E-state index in [1.54, 1.807) is 12.3 Å². The van der Waals surface area contributed by atoms with E-state index in [1.165, 1.54) is 12.1 Å². The number of carbonyl (C=O) groups is 1. The molecule has 31 heavy (non-hydrogen) atoms. The predicted octanol–water partition coefficient (Wildman–Crippen LogP) is 2.78. The average molecular weight is 450 g/mol. The third-order valence-corrected chi connectivity index (χ3v) is 6.06. The lowest BCUT2D eigenvalue weighted by Gasteiger charge is -2.27. The normalized spacial score (nSPS) is 19.9. The van der Waals surface area contributed by atoms with Crippen LogP contribution in [0.2, 0.25) is 5.02 Å². The van der Waals surface area contributed by atoms with Crippen LogP contribution in [0.5, 0.6) is 5.88 Å². The van der Waals surface area contributed by atoms with Crippen molar-refractivity contribution in [2.45, 2.75) is 44.2 Å². The second kappa shape index (κ2) is 9.89. The molecule has 1 fully saturated rings. The fraction of sp³-hybridized carbons (Fsp3) is 0.500. The summed E-state index contributed by atoms with van der Waals surface area (Å²) in [6.07, 6.45) is 4.84. The van der Waals surface area contributed by atoms with Gasteiger partial charge in [-0.1, -0.05) is 17.7 Å². The Bertz CT molecular complexity index is 939. The zero-order valence-corrected chi connectivity index (χ0v) is 17.8. The zero-order valence-electron chi connectivity index (χ0n) is 17.0. The van der Waals surface area contributed by atoms with Crippen LogP contribution in [0, 0.1) is 11.7 Å². The highest BCUT2D eigenvalue weighted by atomic mass is 35.5. The molecule has 166 valence electrons. The summed E-state index contributed by atoms with van der Waals surface area (Å²) in [5.41, 5.74) is 1.30. The summed E-state index contributed by atoms with van der Waals surface area (Å²) < 4.78 is 25.0. The zero-order chi connectivity index (χ0) is 21.8. The fourth-order valence-corrected chi connectivity index (χ4v) is 4.02. The van der Waals surface area contributed by atoms with Gasteiger partial charge < -0.3 is 19.9 Å². The highest BCUT2D eigenvalue weighted by molar-refractivity contribution is 6.30. The van der Waals surface area contributed by atoms with Crippen molar-refractivity contribution < 1.29 is 23.8 Å². The number of hydrogen-bond donors (Lipinski definition) is 2. The Morgan fingerprint density at radius 3 is 2.87 bits per heavy atom. The molecule has 2 aliphatic heterocycles. The maximum Gasteiger partial charge on any atom is 0.261 e. The molecular formula is C22H25ClFN3O4. The number of fused-ring (bicyclic) bond motifs is 1. The molecule has 9 heteroatoms. The quantitative estimate of drug-likeness (QED) is 0.704. The van der Waals surface area contributed by atoms with Crippen molar-refractivity contribution in [2.24, 2.45) is 5.92 Å². The van der Waals surface area contributed by atoms with E-state index in [1.807, 2.05) is 0 Å². The number of benzene rings is 1. The smallest absolute Gasteiger partial charge is 0.261 e. The van der Waals surface area contributed by atoms with Crippen LogP contribution in [0.3, 0.4) is 0 Å². The second-order valence-electron chi connectivity index (χ2n) is 7.94. The first kappa shape index (κ1) is 21.9. The molecule has 0 aliphatic carbocycles. The maximum absolute atomic E-state index is 13.8. The van der Waals surface area contributed by atoms with E-state index < -0.39 is 18.0 Å². The molecule has 0 saturated carbocycles. The number of aliphatic hydroxyl groups is 1. The van der Waals surface area contributed by atoms with Crippen molar-refractivity contribution >= 4 is 17.5 Å². The number of rotatable bonds is 6. The van der Waals surface area contributed by atoms with Crippen molar-refractivity contribution in [2.75, 3.05) is 19.8 Å². The van der Waals surface area contributed by atoms with E-state index in [0.717, 1.165) is 38.0 Å². The molecule has 2 aromatic rings. The minimum absolute atomic E-state index is 0.0183. The highest BCUT2D eigenvalue weighted by Crippen LogP contribution is 2.27. The maximum atomic E-state index is 13.8. The van der Waals surface area contributed by atoms with Gasteiger partial charge in [-0.2, -0.15) is 4.98 Å². The minimum Gasteiger partial charge on any atom is -0.464 e. The summed E-state index contributed by atoms with van der Waals surface area (Å²) in [5.74, 6) is 0.630. The lowest BCUT2D eigenvalue weighted by molar-refractivity contribution is -0.130. The summed E-state index contributed by atoms with van der Waals surface area (Å²) in [6.45, 7) is 1.14. The van der Waals surface area contributed by atoms with Crippen molar-refractivity contribution in [1.29, 1.82) is 0 Å². The van der Waals surface area contributed by atoms with Crippen LogP contribution < -0.4 is 10.1 Å². The van der Waals surface area contributed by atoms with Gasteiger partial charge in [-0.15, -0.1) is 0 Å². The number of aliphatic hydroxyl groups excluding tert-OH is 1. The SMILES string of the molecule is O=C(N[C@H](CO)c1ccc(Cl)c(F)c1)[C@H]1CCc2cnc(CC3CCOCC3)nc2O1. The molecule has 0 unspecified atom stereocenters. The van der Waals surface area contributed by atoms with E-state index in [9.17, 15) is 14.3 Å². The van der Waals surface area contributed by atoms with Gasteiger partial charge in [0.1, 0.15) is 11.6 Å². The van der Waals surface area contributed by atoms with Gasteiger partial charge in [-0.05, 0) is 49.3 Å². The number of halogens is 2. The molecule has 0 spiro atoms. The summed E-state index contributed by atoms with van der Waals surface area (Å²) >= 11 is 5.71. The van der Waals surface area contributed by atoms with Gasteiger partial charge >= 0.3 is 0 Å². The number of aryl methyl sites for hydroxylation is 1. The lowest BCUT2D eigenvalue weighted by Crippen LogP contribution is -2.43.